The van der Waals surface area contributed by atoms with Crippen LogP contribution in [0.2, 0.25) is 0 Å². The molecule has 0 heterocycles. The molecule has 0 saturated carbocycles. The maximum Gasteiger partial charge on any atom is 0.305 e. The summed E-state index contributed by atoms with van der Waals surface area (Å²) >= 11 is 1.69. The van der Waals surface area contributed by atoms with Crippen LogP contribution in [0.4, 0.5) is 0 Å². The Morgan fingerprint density at radius 2 is 2.06 bits per heavy atom. The van der Waals surface area contributed by atoms with Crippen molar-refractivity contribution < 1.29 is 14.6 Å². The van der Waals surface area contributed by atoms with Crippen LogP contribution in [0.5, 0.6) is 5.75 Å². The van der Waals surface area contributed by atoms with Gasteiger partial charge in [-0.05, 0) is 37.1 Å². The number of hydrogen-bond acceptors (Lipinski definition) is 4. The van der Waals surface area contributed by atoms with Gasteiger partial charge in [-0.25, -0.2) is 0 Å². The number of benzene rings is 1. The van der Waals surface area contributed by atoms with Gasteiger partial charge in [0.05, 0.1) is 6.61 Å². The van der Waals surface area contributed by atoms with Gasteiger partial charge < -0.3 is 9.84 Å². The van der Waals surface area contributed by atoms with E-state index < -0.39 is 0 Å². The third-order valence-electron chi connectivity index (χ3n) is 2.11. The Bertz CT molecular complexity index is 335. The van der Waals surface area contributed by atoms with Crippen LogP contribution in [0.3, 0.4) is 0 Å². The van der Waals surface area contributed by atoms with E-state index in [1.807, 2.05) is 19.1 Å². The normalized spacial score (nSPS) is 10.2. The van der Waals surface area contributed by atoms with Crippen molar-refractivity contribution in [3.63, 3.8) is 0 Å². The summed E-state index contributed by atoms with van der Waals surface area (Å²) in [5, 5.41) is 9.11. The number of hydrogen-bond donors (Lipinski definition) is 1. The minimum atomic E-state index is -0.109. The van der Waals surface area contributed by atoms with E-state index >= 15 is 0 Å². The smallest absolute Gasteiger partial charge is 0.305 e. The van der Waals surface area contributed by atoms with Crippen LogP contribution in [-0.2, 0) is 9.53 Å². The molecule has 0 aromatic heterocycles. The Morgan fingerprint density at radius 1 is 1.35 bits per heavy atom. The van der Waals surface area contributed by atoms with E-state index in [0.717, 1.165) is 23.5 Å². The summed E-state index contributed by atoms with van der Waals surface area (Å²) in [7, 11) is 0. The highest BCUT2D eigenvalue weighted by Gasteiger charge is 2.00. The molecule has 0 fully saturated rings. The number of carbonyl (C=O) groups excluding carboxylic acids is 1. The predicted octanol–water partition coefficient (Wildman–Crippen LogP) is 3.22. The second kappa shape index (κ2) is 8.01. The first-order valence-electron chi connectivity index (χ1n) is 5.80. The van der Waals surface area contributed by atoms with Crippen molar-refractivity contribution in [1.29, 1.82) is 0 Å². The molecule has 1 N–H and O–H groups in total. The van der Waals surface area contributed by atoms with Crippen molar-refractivity contribution >= 4 is 17.7 Å². The number of rotatable bonds is 7. The monoisotopic (exact) mass is 254 g/mol. The molecule has 0 atom stereocenters. The first-order valence-corrected chi connectivity index (χ1v) is 6.78. The van der Waals surface area contributed by atoms with Crippen molar-refractivity contribution in [2.24, 2.45) is 0 Å². The van der Waals surface area contributed by atoms with Gasteiger partial charge in [0.2, 0.25) is 0 Å². The van der Waals surface area contributed by atoms with E-state index in [9.17, 15) is 4.79 Å². The van der Waals surface area contributed by atoms with Crippen molar-refractivity contribution in [3.05, 3.63) is 24.3 Å². The third kappa shape index (κ3) is 6.22. The third-order valence-corrected chi connectivity index (χ3v) is 3.21. The lowest BCUT2D eigenvalue weighted by atomic mass is 10.3. The number of esters is 1. The van der Waals surface area contributed by atoms with E-state index in [0.29, 0.717) is 13.0 Å². The number of phenolic OH excluding ortho intramolecular Hbond substituents is 1. The van der Waals surface area contributed by atoms with E-state index in [-0.39, 0.29) is 11.7 Å². The Labute approximate surface area is 106 Å². The summed E-state index contributed by atoms with van der Waals surface area (Å²) in [6, 6.07) is 7.10. The molecule has 3 nitrogen and oxygen atoms in total. The average molecular weight is 254 g/mol. The van der Waals surface area contributed by atoms with Crippen molar-refractivity contribution in [1.82, 2.24) is 0 Å². The second-order valence-corrected chi connectivity index (χ2v) is 4.83. The van der Waals surface area contributed by atoms with Crippen molar-refractivity contribution in [2.75, 3.05) is 12.4 Å². The molecular weight excluding hydrogens is 236 g/mol. The molecule has 0 saturated heterocycles. The van der Waals surface area contributed by atoms with Crippen LogP contribution in [-0.4, -0.2) is 23.4 Å². The molecule has 0 aliphatic carbocycles. The molecule has 94 valence electrons. The fraction of sp³-hybridized carbons (Fsp3) is 0.462. The molecule has 0 radical (unpaired) electrons. The Hall–Kier alpha value is -1.16. The zero-order valence-corrected chi connectivity index (χ0v) is 10.8. The van der Waals surface area contributed by atoms with E-state index in [4.69, 9.17) is 9.84 Å². The van der Waals surface area contributed by atoms with Gasteiger partial charge in [-0.15, -0.1) is 11.8 Å². The first-order chi connectivity index (χ1) is 8.22. The molecule has 1 aromatic rings. The number of thioether (sulfide) groups is 1. The SMILES string of the molecule is CCCC(=O)OCCCSc1ccc(O)cc1. The quantitative estimate of drug-likeness (QED) is 0.461. The Balaban J connectivity index is 2.08. The van der Waals surface area contributed by atoms with Crippen LogP contribution >= 0.6 is 11.8 Å². The second-order valence-electron chi connectivity index (χ2n) is 3.67. The molecule has 17 heavy (non-hydrogen) atoms. The minimum absolute atomic E-state index is 0.109. The summed E-state index contributed by atoms with van der Waals surface area (Å²) in [6.45, 7) is 2.45. The number of phenols is 1. The van der Waals surface area contributed by atoms with Crippen LogP contribution < -0.4 is 0 Å². The summed E-state index contributed by atoms with van der Waals surface area (Å²) in [6.07, 6.45) is 2.19. The molecule has 4 heteroatoms. The topological polar surface area (TPSA) is 46.5 Å². The van der Waals surface area contributed by atoms with Gasteiger partial charge in [0, 0.05) is 17.1 Å². The highest BCUT2D eigenvalue weighted by Crippen LogP contribution is 2.21. The number of carbonyl (C=O) groups is 1. The van der Waals surface area contributed by atoms with Crippen LogP contribution in [0.25, 0.3) is 0 Å². The van der Waals surface area contributed by atoms with Crippen molar-refractivity contribution in [2.45, 2.75) is 31.1 Å². The Morgan fingerprint density at radius 3 is 2.71 bits per heavy atom. The summed E-state index contributed by atoms with van der Waals surface area (Å²) < 4.78 is 5.05. The van der Waals surface area contributed by atoms with Gasteiger partial charge in [0.25, 0.3) is 0 Å². The number of aromatic hydroxyl groups is 1. The van der Waals surface area contributed by atoms with Gasteiger partial charge in [-0.2, -0.15) is 0 Å². The lowest BCUT2D eigenvalue weighted by Gasteiger charge is -2.04. The molecule has 0 aliphatic heterocycles. The van der Waals surface area contributed by atoms with Gasteiger partial charge in [0.15, 0.2) is 0 Å². The summed E-state index contributed by atoms with van der Waals surface area (Å²) in [5.41, 5.74) is 0. The minimum Gasteiger partial charge on any atom is -0.508 e. The molecule has 1 rings (SSSR count). The van der Waals surface area contributed by atoms with Gasteiger partial charge in [-0.1, -0.05) is 6.92 Å². The largest absolute Gasteiger partial charge is 0.508 e. The predicted molar refractivity (Wildman–Crippen MR) is 69.3 cm³/mol. The molecule has 0 spiro atoms. The Kier molecular flexibility index (Phi) is 6.55. The average Bonchev–Trinajstić information content (AvgIpc) is 2.31. The molecular formula is C13H18O3S. The highest BCUT2D eigenvalue weighted by atomic mass is 32.2. The number of ether oxygens (including phenoxy) is 1. The van der Waals surface area contributed by atoms with E-state index in [1.54, 1.807) is 23.9 Å². The molecule has 0 unspecified atom stereocenters. The zero-order chi connectivity index (χ0) is 12.5. The maximum absolute atomic E-state index is 11.1. The molecule has 1 aromatic carbocycles. The first kappa shape index (κ1) is 13.9. The highest BCUT2D eigenvalue weighted by molar-refractivity contribution is 7.99. The van der Waals surface area contributed by atoms with Gasteiger partial charge in [-0.3, -0.25) is 4.79 Å². The van der Waals surface area contributed by atoms with Crippen LogP contribution in [0.15, 0.2) is 29.2 Å². The lowest BCUT2D eigenvalue weighted by molar-refractivity contribution is -0.143. The summed E-state index contributed by atoms with van der Waals surface area (Å²) in [5.74, 6) is 1.08. The fourth-order valence-electron chi connectivity index (χ4n) is 1.25. The maximum atomic E-state index is 11.1. The van der Waals surface area contributed by atoms with E-state index in [2.05, 4.69) is 0 Å². The van der Waals surface area contributed by atoms with Crippen LogP contribution in [0, 0.1) is 0 Å². The lowest BCUT2D eigenvalue weighted by Crippen LogP contribution is -2.05. The molecule has 0 aliphatic rings. The fourth-order valence-corrected chi connectivity index (χ4v) is 2.08. The van der Waals surface area contributed by atoms with Gasteiger partial charge >= 0.3 is 5.97 Å². The van der Waals surface area contributed by atoms with E-state index in [1.165, 1.54) is 0 Å². The molecule has 0 amide bonds. The van der Waals surface area contributed by atoms with Crippen molar-refractivity contribution in [3.8, 4) is 5.75 Å². The molecule has 0 bridgehead atoms. The van der Waals surface area contributed by atoms with Crippen LogP contribution in [0.1, 0.15) is 26.2 Å². The standard InChI is InChI=1S/C13H18O3S/c1-2-4-13(15)16-9-3-10-17-12-7-5-11(14)6-8-12/h5-8,14H,2-4,9-10H2,1H3. The summed E-state index contributed by atoms with van der Waals surface area (Å²) in [4.78, 5) is 12.2. The van der Waals surface area contributed by atoms with Gasteiger partial charge in [0.1, 0.15) is 5.75 Å². The zero-order valence-electron chi connectivity index (χ0n) is 10.0.